The number of ether oxygens (including phenoxy) is 2. The highest BCUT2D eigenvalue weighted by Crippen LogP contribution is 2.30. The van der Waals surface area contributed by atoms with Gasteiger partial charge in [-0.3, -0.25) is 0 Å². The van der Waals surface area contributed by atoms with E-state index in [0.717, 1.165) is 28.6 Å². The summed E-state index contributed by atoms with van der Waals surface area (Å²) in [7, 11) is 0. The Morgan fingerprint density at radius 2 is 1.84 bits per heavy atom. The molecule has 0 aliphatic carbocycles. The molecule has 134 valence electrons. The summed E-state index contributed by atoms with van der Waals surface area (Å²) in [4.78, 5) is 4.39. The molecule has 2 aromatic rings. The molecular weight excluding hydrogens is 334 g/mol. The molecule has 0 amide bonds. The minimum absolute atomic E-state index is 0.0136. The predicted octanol–water partition coefficient (Wildman–Crippen LogP) is 4.24. The van der Waals surface area contributed by atoms with E-state index in [4.69, 9.17) is 21.7 Å². The van der Waals surface area contributed by atoms with E-state index in [1.807, 2.05) is 64.1 Å². The molecule has 1 heterocycles. The highest BCUT2D eigenvalue weighted by molar-refractivity contribution is 7.80. The predicted molar refractivity (Wildman–Crippen MR) is 106 cm³/mol. The second-order valence-corrected chi connectivity index (χ2v) is 5.96. The van der Waals surface area contributed by atoms with Gasteiger partial charge in [-0.2, -0.15) is 0 Å². The van der Waals surface area contributed by atoms with Crippen LogP contribution in [0.15, 0.2) is 36.4 Å². The number of hydrogen-bond donors (Lipinski definition) is 2. The first-order chi connectivity index (χ1) is 12.0. The average molecular weight is 359 g/mol. The largest absolute Gasteiger partial charge is 0.490 e. The fourth-order valence-corrected chi connectivity index (χ4v) is 2.66. The van der Waals surface area contributed by atoms with E-state index in [0.29, 0.717) is 18.3 Å². The van der Waals surface area contributed by atoms with Crippen LogP contribution in [-0.2, 0) is 0 Å². The molecule has 1 aromatic carbocycles. The summed E-state index contributed by atoms with van der Waals surface area (Å²) >= 11 is 5.39. The highest BCUT2D eigenvalue weighted by Gasteiger charge is 2.12. The number of nitrogens with one attached hydrogen (secondary N) is 2. The zero-order valence-corrected chi connectivity index (χ0v) is 15.9. The molecule has 0 radical (unpaired) electrons. The van der Waals surface area contributed by atoms with Gasteiger partial charge in [0.1, 0.15) is 5.82 Å². The second kappa shape index (κ2) is 9.22. The quantitative estimate of drug-likeness (QED) is 0.722. The van der Waals surface area contributed by atoms with Crippen LogP contribution in [0.3, 0.4) is 0 Å². The van der Waals surface area contributed by atoms with E-state index in [9.17, 15) is 0 Å². The van der Waals surface area contributed by atoms with Gasteiger partial charge in [-0.15, -0.1) is 0 Å². The maximum atomic E-state index is 5.68. The molecule has 5 nitrogen and oxygen atoms in total. The minimum atomic E-state index is 0.0136. The van der Waals surface area contributed by atoms with Crippen molar-refractivity contribution in [2.45, 2.75) is 33.7 Å². The summed E-state index contributed by atoms with van der Waals surface area (Å²) in [6.07, 6.45) is 0. The Labute approximate surface area is 154 Å². The van der Waals surface area contributed by atoms with Crippen molar-refractivity contribution in [3.05, 3.63) is 47.7 Å². The third-order valence-electron chi connectivity index (χ3n) is 3.54. The van der Waals surface area contributed by atoms with Crippen molar-refractivity contribution in [2.24, 2.45) is 0 Å². The van der Waals surface area contributed by atoms with Crippen molar-refractivity contribution in [1.29, 1.82) is 0 Å². The van der Waals surface area contributed by atoms with E-state index in [1.54, 1.807) is 0 Å². The summed E-state index contributed by atoms with van der Waals surface area (Å²) in [5.41, 5.74) is 2.00. The van der Waals surface area contributed by atoms with Crippen molar-refractivity contribution in [3.63, 3.8) is 0 Å². The van der Waals surface area contributed by atoms with Crippen molar-refractivity contribution >= 4 is 23.1 Å². The molecule has 2 N–H and O–H groups in total. The SMILES string of the molecule is CCOc1ccc([C@@H](C)NC(=S)Nc2cccc(C)n2)cc1OCC. The maximum Gasteiger partial charge on any atom is 0.172 e. The summed E-state index contributed by atoms with van der Waals surface area (Å²) in [5, 5.41) is 6.90. The molecule has 0 aliphatic heterocycles. The van der Waals surface area contributed by atoms with Crippen molar-refractivity contribution in [2.75, 3.05) is 18.5 Å². The smallest absolute Gasteiger partial charge is 0.172 e. The number of nitrogens with zero attached hydrogens (tertiary/aromatic N) is 1. The molecule has 0 saturated carbocycles. The standard InChI is InChI=1S/C19H25N3O2S/c1-5-23-16-11-10-15(12-17(16)24-6-2)14(4)21-19(25)22-18-9-7-8-13(3)20-18/h7-12,14H,5-6H2,1-4H3,(H2,20,21,22,25)/t14-/m1/s1. The average Bonchev–Trinajstić information content (AvgIpc) is 2.56. The lowest BCUT2D eigenvalue weighted by molar-refractivity contribution is 0.287. The van der Waals surface area contributed by atoms with Crippen LogP contribution in [-0.4, -0.2) is 23.3 Å². The molecule has 0 saturated heterocycles. The van der Waals surface area contributed by atoms with Crippen LogP contribution in [0.25, 0.3) is 0 Å². The van der Waals surface area contributed by atoms with E-state index in [-0.39, 0.29) is 6.04 Å². The van der Waals surface area contributed by atoms with Crippen molar-refractivity contribution in [1.82, 2.24) is 10.3 Å². The number of benzene rings is 1. The number of aromatic nitrogens is 1. The lowest BCUT2D eigenvalue weighted by Crippen LogP contribution is -2.31. The number of anilines is 1. The monoisotopic (exact) mass is 359 g/mol. The van der Waals surface area contributed by atoms with Gasteiger partial charge in [0, 0.05) is 5.69 Å². The molecule has 25 heavy (non-hydrogen) atoms. The Hall–Kier alpha value is -2.34. The molecule has 1 aromatic heterocycles. The van der Waals surface area contributed by atoms with Gasteiger partial charge in [-0.25, -0.2) is 4.98 Å². The minimum Gasteiger partial charge on any atom is -0.490 e. The van der Waals surface area contributed by atoms with E-state index >= 15 is 0 Å². The van der Waals surface area contributed by atoms with Crippen LogP contribution in [0, 0.1) is 6.92 Å². The number of aryl methyl sites for hydroxylation is 1. The van der Waals surface area contributed by atoms with E-state index in [1.165, 1.54) is 0 Å². The normalized spacial score (nSPS) is 11.5. The molecule has 2 rings (SSSR count). The third-order valence-corrected chi connectivity index (χ3v) is 3.76. The van der Waals surface area contributed by atoms with E-state index < -0.39 is 0 Å². The summed E-state index contributed by atoms with van der Waals surface area (Å²) < 4.78 is 11.3. The van der Waals surface area contributed by atoms with Crippen LogP contribution >= 0.6 is 12.2 Å². The first-order valence-corrected chi connectivity index (χ1v) is 8.85. The van der Waals surface area contributed by atoms with Gasteiger partial charge >= 0.3 is 0 Å². The van der Waals surface area contributed by atoms with Crippen LogP contribution in [0.1, 0.15) is 38.1 Å². The topological polar surface area (TPSA) is 55.4 Å². The van der Waals surface area contributed by atoms with Gasteiger partial charge in [-0.05, 0) is 69.7 Å². The molecule has 0 aliphatic rings. The first-order valence-electron chi connectivity index (χ1n) is 8.44. The zero-order valence-electron chi connectivity index (χ0n) is 15.1. The number of pyridine rings is 1. The van der Waals surface area contributed by atoms with Gasteiger partial charge in [0.05, 0.1) is 19.3 Å². The Morgan fingerprint density at radius 3 is 2.52 bits per heavy atom. The number of thiocarbonyl (C=S) groups is 1. The summed E-state index contributed by atoms with van der Waals surface area (Å²) in [6, 6.07) is 11.7. The summed E-state index contributed by atoms with van der Waals surface area (Å²) in [6.45, 7) is 9.09. The number of hydrogen-bond acceptors (Lipinski definition) is 4. The number of rotatable bonds is 7. The lowest BCUT2D eigenvalue weighted by Gasteiger charge is -2.19. The van der Waals surface area contributed by atoms with Crippen LogP contribution in [0.4, 0.5) is 5.82 Å². The molecule has 0 spiro atoms. The molecule has 6 heteroatoms. The van der Waals surface area contributed by atoms with Crippen LogP contribution < -0.4 is 20.1 Å². The van der Waals surface area contributed by atoms with Crippen LogP contribution in [0.2, 0.25) is 0 Å². The Bertz CT molecular complexity index is 722. The fourth-order valence-electron chi connectivity index (χ4n) is 2.38. The maximum absolute atomic E-state index is 5.68. The van der Waals surface area contributed by atoms with Gasteiger partial charge in [-0.1, -0.05) is 12.1 Å². The Kier molecular flexibility index (Phi) is 7.01. The van der Waals surface area contributed by atoms with Crippen molar-refractivity contribution in [3.8, 4) is 11.5 Å². The Morgan fingerprint density at radius 1 is 1.12 bits per heavy atom. The van der Waals surface area contributed by atoms with Gasteiger partial charge in [0.2, 0.25) is 0 Å². The second-order valence-electron chi connectivity index (χ2n) is 5.56. The first kappa shape index (κ1) is 19.0. The van der Waals surface area contributed by atoms with Gasteiger partial charge in [0.25, 0.3) is 0 Å². The Balaban J connectivity index is 2.05. The van der Waals surface area contributed by atoms with Gasteiger partial charge in [0.15, 0.2) is 16.6 Å². The third kappa shape index (κ3) is 5.60. The molecule has 0 bridgehead atoms. The fraction of sp³-hybridized carbons (Fsp3) is 0.368. The van der Waals surface area contributed by atoms with E-state index in [2.05, 4.69) is 15.6 Å². The van der Waals surface area contributed by atoms with Crippen molar-refractivity contribution < 1.29 is 9.47 Å². The summed E-state index contributed by atoms with van der Waals surface area (Å²) in [5.74, 6) is 2.23. The molecular formula is C19H25N3O2S. The lowest BCUT2D eigenvalue weighted by atomic mass is 10.1. The molecule has 0 fully saturated rings. The zero-order chi connectivity index (χ0) is 18.2. The molecule has 0 unspecified atom stereocenters. The van der Waals surface area contributed by atoms with Gasteiger partial charge < -0.3 is 20.1 Å². The highest BCUT2D eigenvalue weighted by atomic mass is 32.1. The van der Waals surface area contributed by atoms with Crippen LogP contribution in [0.5, 0.6) is 11.5 Å². The molecule has 1 atom stereocenters.